The van der Waals surface area contributed by atoms with Gasteiger partial charge in [0.1, 0.15) is 24.9 Å². The lowest BCUT2D eigenvalue weighted by Gasteiger charge is -2.20. The van der Waals surface area contributed by atoms with E-state index in [4.69, 9.17) is 24.2 Å². The number of benzene rings is 2. The van der Waals surface area contributed by atoms with Crippen molar-refractivity contribution in [3.63, 3.8) is 0 Å². The summed E-state index contributed by atoms with van der Waals surface area (Å²) in [5, 5.41) is 24.9. The second kappa shape index (κ2) is 13.5. The van der Waals surface area contributed by atoms with E-state index in [9.17, 15) is 10.2 Å². The Hall–Kier alpha value is -3.45. The second-order valence-electron chi connectivity index (χ2n) is 10.4. The highest BCUT2D eigenvalue weighted by molar-refractivity contribution is 5.83. The Morgan fingerprint density at radius 3 is 2.32 bits per heavy atom. The van der Waals surface area contributed by atoms with Crippen LogP contribution in [0.5, 0.6) is 0 Å². The van der Waals surface area contributed by atoms with Gasteiger partial charge in [-0.05, 0) is 25.2 Å². The molecule has 5 rings (SSSR count). The number of hydrogen-bond acceptors (Lipinski definition) is 10. The summed E-state index contributed by atoms with van der Waals surface area (Å²) in [4.78, 5) is 16.2. The molecule has 4 atom stereocenters. The zero-order chi connectivity index (χ0) is 28.8. The number of nitrogens with zero attached hydrogens (tertiary/aromatic N) is 5. The average molecular weight is 563 g/mol. The van der Waals surface area contributed by atoms with Crippen LogP contribution in [-0.4, -0.2) is 100 Å². The number of anilines is 1. The van der Waals surface area contributed by atoms with E-state index >= 15 is 0 Å². The Labute approximate surface area is 239 Å². The summed E-state index contributed by atoms with van der Waals surface area (Å²) < 4.78 is 18.6. The van der Waals surface area contributed by atoms with E-state index in [1.54, 1.807) is 10.9 Å². The predicted molar refractivity (Wildman–Crippen MR) is 155 cm³/mol. The SMILES string of the molecule is COC[C@H]1O[C@@H](n2cnc3c(NCC(c4ccccc4)c4ccccc4)nc(COCCN(C)C)nc32)[C@H](O)[C@@H]1O. The van der Waals surface area contributed by atoms with Crippen LogP contribution in [0.2, 0.25) is 0 Å². The molecule has 0 spiro atoms. The van der Waals surface area contributed by atoms with E-state index < -0.39 is 24.5 Å². The highest BCUT2D eigenvalue weighted by Gasteiger charge is 2.44. The van der Waals surface area contributed by atoms with Crippen molar-refractivity contribution in [3.8, 4) is 0 Å². The summed E-state index contributed by atoms with van der Waals surface area (Å²) >= 11 is 0. The second-order valence-corrected chi connectivity index (χ2v) is 10.4. The van der Waals surface area contributed by atoms with Gasteiger partial charge in [-0.2, -0.15) is 0 Å². The molecule has 3 heterocycles. The molecule has 1 saturated heterocycles. The van der Waals surface area contributed by atoms with E-state index in [1.165, 1.54) is 18.2 Å². The fourth-order valence-corrected chi connectivity index (χ4v) is 5.00. The fraction of sp³-hybridized carbons (Fsp3) is 0.433. The molecule has 41 heavy (non-hydrogen) atoms. The van der Waals surface area contributed by atoms with Crippen LogP contribution in [0.4, 0.5) is 5.82 Å². The number of aliphatic hydroxyl groups is 2. The predicted octanol–water partition coefficient (Wildman–Crippen LogP) is 2.41. The molecular weight excluding hydrogens is 524 g/mol. The molecule has 4 aromatic rings. The van der Waals surface area contributed by atoms with Crippen molar-refractivity contribution < 1.29 is 24.4 Å². The minimum Gasteiger partial charge on any atom is -0.387 e. The maximum Gasteiger partial charge on any atom is 0.168 e. The molecule has 0 aliphatic carbocycles. The first kappa shape index (κ1) is 29.1. The Morgan fingerprint density at radius 2 is 1.68 bits per heavy atom. The van der Waals surface area contributed by atoms with Crippen molar-refractivity contribution in [2.24, 2.45) is 0 Å². The van der Waals surface area contributed by atoms with Gasteiger partial charge in [0.2, 0.25) is 0 Å². The summed E-state index contributed by atoms with van der Waals surface area (Å²) in [6.45, 7) is 2.20. The smallest absolute Gasteiger partial charge is 0.168 e. The summed E-state index contributed by atoms with van der Waals surface area (Å²) in [5.41, 5.74) is 3.35. The van der Waals surface area contributed by atoms with Crippen LogP contribution >= 0.6 is 0 Å². The standard InChI is InChI=1S/C30H38N6O5/c1-35(2)14-15-40-18-24-33-28(31-16-22(20-10-6-4-7-11-20)21-12-8-5-9-13-21)25-29(34-24)36(19-32-25)30-27(38)26(37)23(41-30)17-39-3/h4-13,19,22-23,26-27,30,37-38H,14-18H2,1-3H3,(H,31,33,34)/t23-,26-,27-,30-/m1/s1. The van der Waals surface area contributed by atoms with Crippen molar-refractivity contribution in [1.82, 2.24) is 24.4 Å². The first-order valence-electron chi connectivity index (χ1n) is 13.8. The van der Waals surface area contributed by atoms with E-state index in [-0.39, 0.29) is 19.1 Å². The van der Waals surface area contributed by atoms with Gasteiger partial charge in [0, 0.05) is 26.1 Å². The minimum absolute atomic E-state index is 0.0641. The van der Waals surface area contributed by atoms with Gasteiger partial charge in [-0.15, -0.1) is 0 Å². The summed E-state index contributed by atoms with van der Waals surface area (Å²) in [5.74, 6) is 1.09. The number of hydrogen-bond donors (Lipinski definition) is 3. The number of methoxy groups -OCH3 is 1. The van der Waals surface area contributed by atoms with Crippen molar-refractivity contribution >= 4 is 17.0 Å². The van der Waals surface area contributed by atoms with Gasteiger partial charge in [0.05, 0.1) is 19.5 Å². The highest BCUT2D eigenvalue weighted by atomic mass is 16.6. The molecule has 2 aromatic carbocycles. The molecule has 0 radical (unpaired) electrons. The average Bonchev–Trinajstić information content (AvgIpc) is 3.53. The molecule has 2 aromatic heterocycles. The maximum absolute atomic E-state index is 10.8. The van der Waals surface area contributed by atoms with Gasteiger partial charge in [0.25, 0.3) is 0 Å². The normalized spacial score (nSPS) is 20.9. The number of fused-ring (bicyclic) bond motifs is 1. The van der Waals surface area contributed by atoms with Crippen LogP contribution in [0.15, 0.2) is 67.0 Å². The van der Waals surface area contributed by atoms with Crippen LogP contribution < -0.4 is 5.32 Å². The lowest BCUT2D eigenvalue weighted by Crippen LogP contribution is -2.33. The fourth-order valence-electron chi connectivity index (χ4n) is 5.00. The maximum atomic E-state index is 10.8. The van der Waals surface area contributed by atoms with E-state index in [2.05, 4.69) is 34.6 Å². The first-order valence-corrected chi connectivity index (χ1v) is 13.8. The van der Waals surface area contributed by atoms with Crippen LogP contribution in [0.1, 0.15) is 29.1 Å². The molecule has 1 aliphatic heterocycles. The van der Waals surface area contributed by atoms with Crippen molar-refractivity contribution in [2.75, 3.05) is 52.8 Å². The van der Waals surface area contributed by atoms with E-state index in [0.717, 1.165) is 6.54 Å². The Morgan fingerprint density at radius 1 is 1.00 bits per heavy atom. The van der Waals surface area contributed by atoms with Gasteiger partial charge in [-0.1, -0.05) is 60.7 Å². The van der Waals surface area contributed by atoms with Crippen molar-refractivity contribution in [1.29, 1.82) is 0 Å². The minimum atomic E-state index is -1.18. The molecule has 218 valence electrons. The number of aliphatic hydroxyl groups excluding tert-OH is 2. The molecule has 0 unspecified atom stereocenters. The Kier molecular flexibility index (Phi) is 9.55. The third-order valence-corrected chi connectivity index (χ3v) is 7.20. The molecule has 0 amide bonds. The van der Waals surface area contributed by atoms with Gasteiger partial charge in [0.15, 0.2) is 29.0 Å². The van der Waals surface area contributed by atoms with Gasteiger partial charge >= 0.3 is 0 Å². The molecule has 0 bridgehead atoms. The molecule has 11 nitrogen and oxygen atoms in total. The van der Waals surface area contributed by atoms with Crippen LogP contribution in [0.25, 0.3) is 11.2 Å². The molecule has 11 heteroatoms. The number of aromatic nitrogens is 4. The number of rotatable bonds is 13. The number of nitrogens with one attached hydrogen (secondary N) is 1. The van der Waals surface area contributed by atoms with Crippen LogP contribution in [0.3, 0.4) is 0 Å². The number of ether oxygens (including phenoxy) is 3. The lowest BCUT2D eigenvalue weighted by molar-refractivity contribution is -0.0580. The lowest BCUT2D eigenvalue weighted by atomic mass is 9.91. The monoisotopic (exact) mass is 562 g/mol. The number of likely N-dealkylation sites (N-methyl/N-ethyl adjacent to an activating group) is 1. The summed E-state index contributed by atoms with van der Waals surface area (Å²) in [6.07, 6.45) is -2.30. The van der Waals surface area contributed by atoms with Crippen molar-refractivity contribution in [3.05, 3.63) is 83.9 Å². The molecule has 0 saturated carbocycles. The third-order valence-electron chi connectivity index (χ3n) is 7.20. The highest BCUT2D eigenvalue weighted by Crippen LogP contribution is 2.33. The Bertz CT molecular complexity index is 1350. The Balaban J connectivity index is 1.47. The quantitative estimate of drug-likeness (QED) is 0.209. The summed E-state index contributed by atoms with van der Waals surface area (Å²) in [6, 6.07) is 20.7. The molecule has 1 fully saturated rings. The zero-order valence-corrected chi connectivity index (χ0v) is 23.6. The van der Waals surface area contributed by atoms with E-state index in [1.807, 2.05) is 55.4 Å². The van der Waals surface area contributed by atoms with Gasteiger partial charge in [-0.3, -0.25) is 4.57 Å². The molecule has 3 N–H and O–H groups in total. The largest absolute Gasteiger partial charge is 0.387 e. The van der Waals surface area contributed by atoms with Gasteiger partial charge < -0.3 is 34.6 Å². The number of imidazole rings is 1. The summed E-state index contributed by atoms with van der Waals surface area (Å²) in [7, 11) is 5.50. The molecule has 1 aliphatic rings. The van der Waals surface area contributed by atoms with Crippen LogP contribution in [0, 0.1) is 0 Å². The zero-order valence-electron chi connectivity index (χ0n) is 23.6. The van der Waals surface area contributed by atoms with Crippen LogP contribution in [-0.2, 0) is 20.8 Å². The van der Waals surface area contributed by atoms with Gasteiger partial charge in [-0.25, -0.2) is 15.0 Å². The topological polar surface area (TPSA) is 127 Å². The van der Waals surface area contributed by atoms with Crippen molar-refractivity contribution in [2.45, 2.75) is 37.1 Å². The third kappa shape index (κ3) is 6.72. The van der Waals surface area contributed by atoms with E-state index in [0.29, 0.717) is 36.0 Å². The first-order chi connectivity index (χ1) is 20.0. The molecular formula is C30H38N6O5.